The predicted molar refractivity (Wildman–Crippen MR) is 81.4 cm³/mol. The van der Waals surface area contributed by atoms with Crippen LogP contribution in [0.5, 0.6) is 0 Å². The van der Waals surface area contributed by atoms with E-state index in [1.165, 1.54) is 0 Å². The molecule has 0 radical (unpaired) electrons. The van der Waals surface area contributed by atoms with E-state index in [0.717, 1.165) is 19.4 Å². The van der Waals surface area contributed by atoms with Crippen molar-refractivity contribution < 1.29 is 9.90 Å². The molecule has 1 atom stereocenters. The first-order chi connectivity index (χ1) is 9.60. The fraction of sp³-hybridized carbons (Fsp3) is 0.500. The molecule has 4 nitrogen and oxygen atoms in total. The molecule has 6 heteroatoms. The maximum atomic E-state index is 11.9. The number of amides is 1. The van der Waals surface area contributed by atoms with Gasteiger partial charge in [0.05, 0.1) is 17.3 Å². The summed E-state index contributed by atoms with van der Waals surface area (Å²) in [6, 6.07) is 5.16. The second-order valence-corrected chi connectivity index (χ2v) is 5.78. The lowest BCUT2D eigenvalue weighted by atomic mass is 10.2. The van der Waals surface area contributed by atoms with E-state index < -0.39 is 0 Å². The van der Waals surface area contributed by atoms with Crippen molar-refractivity contribution in [3.05, 3.63) is 28.2 Å². The standard InChI is InChI=1S/C14H18Cl2N2O2/c15-10-3-4-12(16)13(8-10)17-14(20)5-7-18-6-1-2-11(18)9-19/h3-4,8,11,19H,1-2,5-7,9H2,(H,17,20)/t11-/m0/s1. The van der Waals surface area contributed by atoms with Gasteiger partial charge in [0.25, 0.3) is 0 Å². The maximum Gasteiger partial charge on any atom is 0.225 e. The summed E-state index contributed by atoms with van der Waals surface area (Å²) in [6.07, 6.45) is 2.45. The van der Waals surface area contributed by atoms with E-state index in [1.807, 2.05) is 0 Å². The summed E-state index contributed by atoms with van der Waals surface area (Å²) < 4.78 is 0. The van der Waals surface area contributed by atoms with Gasteiger partial charge in [-0.3, -0.25) is 9.69 Å². The first kappa shape index (κ1) is 15.6. The summed E-state index contributed by atoms with van der Waals surface area (Å²) in [4.78, 5) is 14.1. The zero-order valence-corrected chi connectivity index (χ0v) is 12.6. The van der Waals surface area contributed by atoms with Crippen LogP contribution in [0.4, 0.5) is 5.69 Å². The molecule has 1 amide bonds. The third kappa shape index (κ3) is 4.09. The fourth-order valence-corrected chi connectivity index (χ4v) is 2.78. The second kappa shape index (κ2) is 7.27. The molecule has 20 heavy (non-hydrogen) atoms. The van der Waals surface area contributed by atoms with Gasteiger partial charge in [-0.25, -0.2) is 0 Å². The third-order valence-corrected chi connectivity index (χ3v) is 4.10. The predicted octanol–water partition coefficient (Wildman–Crippen LogP) is 2.78. The number of hydrogen-bond donors (Lipinski definition) is 2. The van der Waals surface area contributed by atoms with Gasteiger partial charge in [0.15, 0.2) is 0 Å². The van der Waals surface area contributed by atoms with Gasteiger partial charge in [0.1, 0.15) is 0 Å². The number of anilines is 1. The number of likely N-dealkylation sites (tertiary alicyclic amines) is 1. The molecule has 110 valence electrons. The Kier molecular flexibility index (Phi) is 5.66. The van der Waals surface area contributed by atoms with Crippen molar-refractivity contribution in [2.45, 2.75) is 25.3 Å². The number of halogens is 2. The Morgan fingerprint density at radius 2 is 2.25 bits per heavy atom. The van der Waals surface area contributed by atoms with E-state index in [4.69, 9.17) is 23.2 Å². The van der Waals surface area contributed by atoms with Gasteiger partial charge in [0.2, 0.25) is 5.91 Å². The summed E-state index contributed by atoms with van der Waals surface area (Å²) >= 11 is 11.9. The summed E-state index contributed by atoms with van der Waals surface area (Å²) in [6.45, 7) is 1.74. The van der Waals surface area contributed by atoms with Gasteiger partial charge < -0.3 is 10.4 Å². The van der Waals surface area contributed by atoms with E-state index >= 15 is 0 Å². The van der Waals surface area contributed by atoms with Crippen molar-refractivity contribution in [3.8, 4) is 0 Å². The van der Waals surface area contributed by atoms with Crippen LogP contribution < -0.4 is 5.32 Å². The molecule has 1 saturated heterocycles. The lowest BCUT2D eigenvalue weighted by Crippen LogP contribution is -2.34. The first-order valence-electron chi connectivity index (χ1n) is 6.70. The highest BCUT2D eigenvalue weighted by Crippen LogP contribution is 2.25. The molecule has 1 aromatic rings. The molecule has 0 aliphatic carbocycles. The average Bonchev–Trinajstić information content (AvgIpc) is 2.88. The van der Waals surface area contributed by atoms with E-state index in [0.29, 0.717) is 28.7 Å². The number of aliphatic hydroxyl groups excluding tert-OH is 1. The Bertz CT molecular complexity index is 482. The lowest BCUT2D eigenvalue weighted by Gasteiger charge is -2.22. The zero-order valence-electron chi connectivity index (χ0n) is 11.1. The molecule has 1 fully saturated rings. The molecule has 2 rings (SSSR count). The summed E-state index contributed by atoms with van der Waals surface area (Å²) in [7, 11) is 0. The highest BCUT2D eigenvalue weighted by atomic mass is 35.5. The molecule has 2 N–H and O–H groups in total. The zero-order chi connectivity index (χ0) is 14.5. The topological polar surface area (TPSA) is 52.6 Å². The van der Waals surface area contributed by atoms with E-state index in [1.54, 1.807) is 18.2 Å². The number of nitrogens with zero attached hydrogens (tertiary/aromatic N) is 1. The van der Waals surface area contributed by atoms with Crippen molar-refractivity contribution in [1.29, 1.82) is 0 Å². The van der Waals surface area contributed by atoms with Crippen molar-refractivity contribution in [2.24, 2.45) is 0 Å². The summed E-state index contributed by atoms with van der Waals surface area (Å²) in [5, 5.41) is 13.0. The molecule has 1 aromatic carbocycles. The Hall–Kier alpha value is -0.810. The number of benzene rings is 1. The maximum absolute atomic E-state index is 11.9. The molecular formula is C14H18Cl2N2O2. The minimum Gasteiger partial charge on any atom is -0.395 e. The number of nitrogens with one attached hydrogen (secondary N) is 1. The molecule has 1 aliphatic rings. The van der Waals surface area contributed by atoms with Crippen LogP contribution in [0.3, 0.4) is 0 Å². The second-order valence-electron chi connectivity index (χ2n) is 4.94. The van der Waals surface area contributed by atoms with E-state index in [-0.39, 0.29) is 18.6 Å². The molecule has 0 saturated carbocycles. The van der Waals surface area contributed by atoms with Crippen LogP contribution in [-0.4, -0.2) is 41.7 Å². The van der Waals surface area contributed by atoms with Gasteiger partial charge in [0, 0.05) is 24.0 Å². The minimum absolute atomic E-state index is 0.0993. The fourth-order valence-electron chi connectivity index (χ4n) is 2.45. The Balaban J connectivity index is 1.85. The van der Waals surface area contributed by atoms with Gasteiger partial charge in [-0.05, 0) is 37.6 Å². The quantitative estimate of drug-likeness (QED) is 0.878. The number of hydrogen-bond acceptors (Lipinski definition) is 3. The summed E-state index contributed by atoms with van der Waals surface area (Å²) in [5.74, 6) is -0.0993. The average molecular weight is 317 g/mol. The molecular weight excluding hydrogens is 299 g/mol. The highest BCUT2D eigenvalue weighted by Gasteiger charge is 2.23. The van der Waals surface area contributed by atoms with Crippen molar-refractivity contribution in [2.75, 3.05) is 25.0 Å². The molecule has 0 spiro atoms. The SMILES string of the molecule is O=C(CCN1CCC[C@H]1CO)Nc1cc(Cl)ccc1Cl. The molecule has 0 aromatic heterocycles. The molecule has 1 heterocycles. The number of rotatable bonds is 5. The molecule has 1 aliphatic heterocycles. The van der Waals surface area contributed by atoms with Crippen LogP contribution >= 0.6 is 23.2 Å². The van der Waals surface area contributed by atoms with Gasteiger partial charge in [-0.15, -0.1) is 0 Å². The van der Waals surface area contributed by atoms with Gasteiger partial charge >= 0.3 is 0 Å². The lowest BCUT2D eigenvalue weighted by molar-refractivity contribution is -0.116. The summed E-state index contributed by atoms with van der Waals surface area (Å²) in [5.41, 5.74) is 0.532. The van der Waals surface area contributed by atoms with Gasteiger partial charge in [-0.1, -0.05) is 23.2 Å². The number of carbonyl (C=O) groups is 1. The van der Waals surface area contributed by atoms with Gasteiger partial charge in [-0.2, -0.15) is 0 Å². The van der Waals surface area contributed by atoms with Crippen LogP contribution in [0.15, 0.2) is 18.2 Å². The van der Waals surface area contributed by atoms with Crippen LogP contribution in [0, 0.1) is 0 Å². The van der Waals surface area contributed by atoms with Crippen molar-refractivity contribution >= 4 is 34.8 Å². The first-order valence-corrected chi connectivity index (χ1v) is 7.45. The highest BCUT2D eigenvalue weighted by molar-refractivity contribution is 6.35. The van der Waals surface area contributed by atoms with Crippen LogP contribution in [0.1, 0.15) is 19.3 Å². The van der Waals surface area contributed by atoms with E-state index in [9.17, 15) is 9.90 Å². The van der Waals surface area contributed by atoms with Crippen LogP contribution in [-0.2, 0) is 4.79 Å². The monoisotopic (exact) mass is 316 g/mol. The van der Waals surface area contributed by atoms with E-state index in [2.05, 4.69) is 10.2 Å². The number of aliphatic hydroxyl groups is 1. The smallest absolute Gasteiger partial charge is 0.225 e. The van der Waals surface area contributed by atoms with Crippen molar-refractivity contribution in [1.82, 2.24) is 4.90 Å². The van der Waals surface area contributed by atoms with Crippen LogP contribution in [0.25, 0.3) is 0 Å². The molecule has 0 unspecified atom stereocenters. The Labute approximate surface area is 128 Å². The molecule has 0 bridgehead atoms. The number of carbonyl (C=O) groups excluding carboxylic acids is 1. The Morgan fingerprint density at radius 1 is 1.45 bits per heavy atom. The van der Waals surface area contributed by atoms with Crippen molar-refractivity contribution in [3.63, 3.8) is 0 Å². The minimum atomic E-state index is -0.0993. The Morgan fingerprint density at radius 3 is 3.00 bits per heavy atom. The normalized spacial score (nSPS) is 19.2. The largest absolute Gasteiger partial charge is 0.395 e. The van der Waals surface area contributed by atoms with Crippen LogP contribution in [0.2, 0.25) is 10.0 Å². The third-order valence-electron chi connectivity index (χ3n) is 3.54.